The lowest BCUT2D eigenvalue weighted by molar-refractivity contribution is 0.735. The molecule has 0 saturated carbocycles. The number of nitrogen functional groups attached to an aromatic ring is 1. The fourth-order valence-electron chi connectivity index (χ4n) is 1.26. The summed E-state index contributed by atoms with van der Waals surface area (Å²) in [4.78, 5) is 4.23. The smallest absolute Gasteiger partial charge is 0.119 e. The molecule has 0 aliphatic rings. The van der Waals surface area contributed by atoms with Crippen LogP contribution >= 0.6 is 11.8 Å². The first kappa shape index (κ1) is 12.1. The van der Waals surface area contributed by atoms with Crippen molar-refractivity contribution in [2.24, 2.45) is 0 Å². The molecular formula is C12H18N2S. The SMILES string of the molecule is C=CCCCCCSc1ncccc1N. The minimum atomic E-state index is 0.786. The Labute approximate surface area is 96.0 Å². The van der Waals surface area contributed by atoms with E-state index in [0.29, 0.717) is 0 Å². The molecule has 2 nitrogen and oxygen atoms in total. The Bertz CT molecular complexity index is 299. The maximum Gasteiger partial charge on any atom is 0.119 e. The number of pyridine rings is 1. The predicted octanol–water partition coefficient (Wildman–Crippen LogP) is 3.50. The molecule has 0 spiro atoms. The van der Waals surface area contributed by atoms with Gasteiger partial charge in [-0.05, 0) is 37.1 Å². The summed E-state index contributed by atoms with van der Waals surface area (Å²) < 4.78 is 0. The van der Waals surface area contributed by atoms with Gasteiger partial charge >= 0.3 is 0 Å². The Hall–Kier alpha value is -0.960. The molecule has 0 aromatic carbocycles. The second-order valence-corrected chi connectivity index (χ2v) is 4.47. The number of rotatable bonds is 7. The lowest BCUT2D eigenvalue weighted by Gasteiger charge is -2.03. The van der Waals surface area contributed by atoms with Crippen molar-refractivity contribution in [3.05, 3.63) is 31.0 Å². The molecule has 0 bridgehead atoms. The van der Waals surface area contributed by atoms with Gasteiger partial charge in [-0.15, -0.1) is 18.3 Å². The van der Waals surface area contributed by atoms with Crippen LogP contribution in [0.2, 0.25) is 0 Å². The molecule has 0 amide bonds. The van der Waals surface area contributed by atoms with Gasteiger partial charge in [0, 0.05) is 6.20 Å². The average Bonchev–Trinajstić information content (AvgIpc) is 2.25. The van der Waals surface area contributed by atoms with Crippen molar-refractivity contribution in [1.29, 1.82) is 0 Å². The van der Waals surface area contributed by atoms with E-state index in [1.54, 1.807) is 18.0 Å². The monoisotopic (exact) mass is 222 g/mol. The lowest BCUT2D eigenvalue weighted by Crippen LogP contribution is -1.91. The van der Waals surface area contributed by atoms with E-state index in [1.807, 2.05) is 18.2 Å². The van der Waals surface area contributed by atoms with E-state index >= 15 is 0 Å². The number of nitrogens with two attached hydrogens (primary N) is 1. The molecule has 1 heterocycles. The van der Waals surface area contributed by atoms with Crippen LogP contribution in [0.25, 0.3) is 0 Å². The van der Waals surface area contributed by atoms with Crippen LogP contribution in [0.1, 0.15) is 25.7 Å². The summed E-state index contributed by atoms with van der Waals surface area (Å²) in [5.41, 5.74) is 6.57. The standard InChI is InChI=1S/C12H18N2S/c1-2-3-4-5-6-10-15-12-11(13)8-7-9-14-12/h2,7-9H,1,3-6,10,13H2. The van der Waals surface area contributed by atoms with Crippen LogP contribution in [0.15, 0.2) is 36.0 Å². The van der Waals surface area contributed by atoms with E-state index < -0.39 is 0 Å². The van der Waals surface area contributed by atoms with Gasteiger partial charge in [-0.3, -0.25) is 0 Å². The van der Waals surface area contributed by atoms with Crippen LogP contribution in [0.4, 0.5) is 5.69 Å². The number of anilines is 1. The number of hydrogen-bond donors (Lipinski definition) is 1. The fourth-order valence-corrected chi connectivity index (χ4v) is 2.17. The highest BCUT2D eigenvalue weighted by molar-refractivity contribution is 7.99. The average molecular weight is 222 g/mol. The highest BCUT2D eigenvalue weighted by Gasteiger charge is 1.99. The Morgan fingerprint density at radius 2 is 2.27 bits per heavy atom. The molecule has 0 aliphatic heterocycles. The number of hydrogen-bond acceptors (Lipinski definition) is 3. The maximum atomic E-state index is 5.79. The first-order valence-electron chi connectivity index (χ1n) is 5.29. The van der Waals surface area contributed by atoms with Crippen molar-refractivity contribution < 1.29 is 0 Å². The van der Waals surface area contributed by atoms with E-state index in [4.69, 9.17) is 5.73 Å². The number of allylic oxidation sites excluding steroid dienone is 1. The van der Waals surface area contributed by atoms with Crippen molar-refractivity contribution in [2.45, 2.75) is 30.7 Å². The summed E-state index contributed by atoms with van der Waals surface area (Å²) in [7, 11) is 0. The Morgan fingerprint density at radius 1 is 1.40 bits per heavy atom. The largest absolute Gasteiger partial charge is 0.397 e. The summed E-state index contributed by atoms with van der Waals surface area (Å²) in [6, 6.07) is 3.76. The summed E-state index contributed by atoms with van der Waals surface area (Å²) in [5, 5.41) is 0.959. The second kappa shape index (κ2) is 7.35. The van der Waals surface area contributed by atoms with Crippen molar-refractivity contribution in [1.82, 2.24) is 4.98 Å². The lowest BCUT2D eigenvalue weighted by atomic mass is 10.2. The van der Waals surface area contributed by atoms with Crippen LogP contribution in [-0.4, -0.2) is 10.7 Å². The van der Waals surface area contributed by atoms with Gasteiger partial charge in [-0.1, -0.05) is 12.5 Å². The van der Waals surface area contributed by atoms with Crippen LogP contribution in [0.3, 0.4) is 0 Å². The minimum absolute atomic E-state index is 0.786. The van der Waals surface area contributed by atoms with Crippen LogP contribution in [-0.2, 0) is 0 Å². The van der Waals surface area contributed by atoms with Crippen LogP contribution in [0, 0.1) is 0 Å². The Balaban J connectivity index is 2.15. The minimum Gasteiger partial charge on any atom is -0.397 e. The van der Waals surface area contributed by atoms with E-state index in [-0.39, 0.29) is 0 Å². The second-order valence-electron chi connectivity index (χ2n) is 3.38. The molecule has 1 aromatic heterocycles. The number of aromatic nitrogens is 1. The van der Waals surface area contributed by atoms with E-state index in [0.717, 1.165) is 22.9 Å². The highest BCUT2D eigenvalue weighted by Crippen LogP contribution is 2.22. The van der Waals surface area contributed by atoms with Gasteiger partial charge < -0.3 is 5.73 Å². The molecule has 0 unspecified atom stereocenters. The van der Waals surface area contributed by atoms with E-state index in [2.05, 4.69) is 11.6 Å². The summed E-state index contributed by atoms with van der Waals surface area (Å²) in [6.07, 6.45) is 8.60. The summed E-state index contributed by atoms with van der Waals surface area (Å²) >= 11 is 1.74. The normalized spacial score (nSPS) is 10.1. The molecule has 0 fully saturated rings. The van der Waals surface area contributed by atoms with Crippen molar-refractivity contribution in [2.75, 3.05) is 11.5 Å². The first-order valence-corrected chi connectivity index (χ1v) is 6.27. The van der Waals surface area contributed by atoms with E-state index in [9.17, 15) is 0 Å². The Kier molecular flexibility index (Phi) is 5.93. The fraction of sp³-hybridized carbons (Fsp3) is 0.417. The molecule has 0 saturated heterocycles. The molecular weight excluding hydrogens is 204 g/mol. The molecule has 1 rings (SSSR count). The zero-order valence-electron chi connectivity index (χ0n) is 8.98. The number of nitrogens with zero attached hydrogens (tertiary/aromatic N) is 1. The van der Waals surface area contributed by atoms with Gasteiger partial charge in [0.05, 0.1) is 5.69 Å². The number of unbranched alkanes of at least 4 members (excludes halogenated alkanes) is 3. The summed E-state index contributed by atoms with van der Waals surface area (Å²) in [6.45, 7) is 3.71. The quantitative estimate of drug-likeness (QED) is 0.436. The zero-order chi connectivity index (χ0) is 10.9. The zero-order valence-corrected chi connectivity index (χ0v) is 9.80. The highest BCUT2D eigenvalue weighted by atomic mass is 32.2. The molecule has 82 valence electrons. The van der Waals surface area contributed by atoms with Gasteiger partial charge in [-0.25, -0.2) is 4.98 Å². The molecule has 3 heteroatoms. The first-order chi connectivity index (χ1) is 7.34. The summed E-state index contributed by atoms with van der Waals surface area (Å²) in [5.74, 6) is 1.10. The maximum absolute atomic E-state index is 5.79. The van der Waals surface area contributed by atoms with E-state index in [1.165, 1.54) is 19.3 Å². The third-order valence-electron chi connectivity index (χ3n) is 2.09. The van der Waals surface area contributed by atoms with Crippen LogP contribution in [0.5, 0.6) is 0 Å². The van der Waals surface area contributed by atoms with Crippen molar-refractivity contribution >= 4 is 17.4 Å². The van der Waals surface area contributed by atoms with Gasteiger partial charge in [0.15, 0.2) is 0 Å². The van der Waals surface area contributed by atoms with Gasteiger partial charge in [0.1, 0.15) is 5.03 Å². The van der Waals surface area contributed by atoms with Crippen molar-refractivity contribution in [3.63, 3.8) is 0 Å². The predicted molar refractivity (Wildman–Crippen MR) is 68.0 cm³/mol. The van der Waals surface area contributed by atoms with Gasteiger partial charge in [-0.2, -0.15) is 0 Å². The topological polar surface area (TPSA) is 38.9 Å². The van der Waals surface area contributed by atoms with Crippen LogP contribution < -0.4 is 5.73 Å². The third kappa shape index (κ3) is 4.88. The molecule has 0 radical (unpaired) electrons. The molecule has 15 heavy (non-hydrogen) atoms. The molecule has 0 aliphatic carbocycles. The van der Waals surface area contributed by atoms with Gasteiger partial charge in [0.2, 0.25) is 0 Å². The Morgan fingerprint density at radius 3 is 3.00 bits per heavy atom. The third-order valence-corrected chi connectivity index (χ3v) is 3.20. The van der Waals surface area contributed by atoms with Crippen molar-refractivity contribution in [3.8, 4) is 0 Å². The molecule has 2 N–H and O–H groups in total. The molecule has 0 atom stereocenters. The molecule has 1 aromatic rings. The van der Waals surface area contributed by atoms with Gasteiger partial charge in [0.25, 0.3) is 0 Å². The number of thioether (sulfide) groups is 1.